The zero-order valence-electron chi connectivity index (χ0n) is 6.96. The van der Waals surface area contributed by atoms with Crippen LogP contribution in [-0.2, 0) is 20.0 Å². The van der Waals surface area contributed by atoms with Crippen LogP contribution in [0.4, 0.5) is 0 Å². The van der Waals surface area contributed by atoms with E-state index < -0.39 is 0 Å². The van der Waals surface area contributed by atoms with Crippen LogP contribution in [0, 0.1) is 0 Å². The van der Waals surface area contributed by atoms with E-state index >= 15 is 0 Å². The molecule has 0 saturated carbocycles. The smallest absolute Gasteiger partial charge is 0.0551 e. The number of aromatic nitrogens is 2. The van der Waals surface area contributed by atoms with Crippen molar-refractivity contribution in [3.05, 3.63) is 17.5 Å². The van der Waals surface area contributed by atoms with Crippen molar-refractivity contribution in [3.8, 4) is 0 Å². The zero-order valence-corrected chi connectivity index (χ0v) is 6.96. The van der Waals surface area contributed by atoms with Crippen molar-refractivity contribution < 1.29 is 0 Å². The largest absolute Gasteiger partial charge is 0.308 e. The number of hydrogen-bond donors (Lipinski definition) is 1. The van der Waals surface area contributed by atoms with Gasteiger partial charge in [0.05, 0.1) is 11.9 Å². The first kappa shape index (κ1) is 6.85. The maximum absolute atomic E-state index is 4.21. The van der Waals surface area contributed by atoms with Crippen molar-refractivity contribution in [2.45, 2.75) is 25.9 Å². The molecule has 1 N–H and O–H groups in total. The highest BCUT2D eigenvalue weighted by Crippen LogP contribution is 2.14. The summed E-state index contributed by atoms with van der Waals surface area (Å²) in [6.07, 6.45) is 3.09. The van der Waals surface area contributed by atoms with Gasteiger partial charge in [0.25, 0.3) is 0 Å². The summed E-state index contributed by atoms with van der Waals surface area (Å²) >= 11 is 0. The summed E-state index contributed by atoms with van der Waals surface area (Å²) in [4.78, 5) is 0. The topological polar surface area (TPSA) is 29.9 Å². The summed E-state index contributed by atoms with van der Waals surface area (Å²) in [5.41, 5.74) is 2.74. The zero-order chi connectivity index (χ0) is 7.84. The molecule has 0 fully saturated rings. The third-order valence-corrected chi connectivity index (χ3v) is 2.29. The second-order valence-corrected chi connectivity index (χ2v) is 3.23. The van der Waals surface area contributed by atoms with E-state index in [0.717, 1.165) is 13.0 Å². The Morgan fingerprint density at radius 3 is 3.36 bits per heavy atom. The molecule has 2 rings (SSSR count). The van der Waals surface area contributed by atoms with Crippen LogP contribution in [0.15, 0.2) is 6.20 Å². The lowest BCUT2D eigenvalue weighted by Gasteiger charge is -2.20. The van der Waals surface area contributed by atoms with Gasteiger partial charge in [0.1, 0.15) is 0 Å². The molecule has 0 aliphatic carbocycles. The monoisotopic (exact) mass is 151 g/mol. The lowest BCUT2D eigenvalue weighted by Crippen LogP contribution is -2.33. The molecular weight excluding hydrogens is 138 g/mol. The molecule has 1 aliphatic heterocycles. The van der Waals surface area contributed by atoms with Gasteiger partial charge in [-0.2, -0.15) is 5.10 Å². The van der Waals surface area contributed by atoms with E-state index in [4.69, 9.17) is 0 Å². The van der Waals surface area contributed by atoms with Gasteiger partial charge in [0.2, 0.25) is 0 Å². The molecule has 60 valence electrons. The molecule has 1 aromatic heterocycles. The van der Waals surface area contributed by atoms with Crippen LogP contribution in [0.5, 0.6) is 0 Å². The Morgan fingerprint density at radius 2 is 2.55 bits per heavy atom. The third kappa shape index (κ3) is 1.05. The summed E-state index contributed by atoms with van der Waals surface area (Å²) in [5, 5.41) is 7.61. The highest BCUT2D eigenvalue weighted by molar-refractivity contribution is 5.21. The maximum atomic E-state index is 4.21. The van der Waals surface area contributed by atoms with Crippen LogP contribution in [0.25, 0.3) is 0 Å². The van der Waals surface area contributed by atoms with E-state index in [0.29, 0.717) is 6.04 Å². The van der Waals surface area contributed by atoms with Crippen LogP contribution < -0.4 is 5.32 Å². The van der Waals surface area contributed by atoms with Crippen molar-refractivity contribution >= 4 is 0 Å². The fourth-order valence-electron chi connectivity index (χ4n) is 1.58. The lowest BCUT2D eigenvalue weighted by molar-refractivity contribution is 0.494. The molecule has 1 atom stereocenters. The number of hydrogen-bond acceptors (Lipinski definition) is 2. The minimum absolute atomic E-state index is 0.603. The second-order valence-electron chi connectivity index (χ2n) is 3.23. The van der Waals surface area contributed by atoms with Crippen LogP contribution in [-0.4, -0.2) is 15.8 Å². The molecule has 0 bridgehead atoms. The Balaban J connectivity index is 2.36. The standard InChI is InChI=1S/C8H13N3/c1-6-3-7-4-10-11(2)8(7)5-9-6/h4,6,9H,3,5H2,1-2H3. The van der Waals surface area contributed by atoms with Crippen LogP contribution >= 0.6 is 0 Å². The van der Waals surface area contributed by atoms with E-state index in [9.17, 15) is 0 Å². The van der Waals surface area contributed by atoms with Gasteiger partial charge >= 0.3 is 0 Å². The maximum Gasteiger partial charge on any atom is 0.0551 e. The number of fused-ring (bicyclic) bond motifs is 1. The Bertz CT molecular complexity index is 264. The number of rotatable bonds is 0. The van der Waals surface area contributed by atoms with Crippen LogP contribution in [0.2, 0.25) is 0 Å². The molecule has 1 unspecified atom stereocenters. The predicted octanol–water partition coefficient (Wildman–Crippen LogP) is 0.454. The van der Waals surface area contributed by atoms with Crippen molar-refractivity contribution in [1.82, 2.24) is 15.1 Å². The SMILES string of the molecule is CC1Cc2cnn(C)c2CN1. The molecule has 0 radical (unpaired) electrons. The third-order valence-electron chi connectivity index (χ3n) is 2.29. The van der Waals surface area contributed by atoms with Gasteiger partial charge in [0.15, 0.2) is 0 Å². The first-order valence-electron chi connectivity index (χ1n) is 4.00. The quantitative estimate of drug-likeness (QED) is 0.583. The predicted molar refractivity (Wildman–Crippen MR) is 43.2 cm³/mol. The van der Waals surface area contributed by atoms with Gasteiger partial charge in [-0.15, -0.1) is 0 Å². The number of nitrogens with zero attached hydrogens (tertiary/aromatic N) is 2. The first-order valence-corrected chi connectivity index (χ1v) is 4.00. The van der Waals surface area contributed by atoms with E-state index in [1.165, 1.54) is 11.3 Å². The Labute approximate surface area is 66.4 Å². The van der Waals surface area contributed by atoms with Gasteiger partial charge in [-0.1, -0.05) is 0 Å². The average molecular weight is 151 g/mol. The van der Waals surface area contributed by atoms with Crippen molar-refractivity contribution in [2.24, 2.45) is 7.05 Å². The van der Waals surface area contributed by atoms with Gasteiger partial charge < -0.3 is 5.32 Å². The van der Waals surface area contributed by atoms with Gasteiger partial charge in [-0.05, 0) is 18.9 Å². The Morgan fingerprint density at radius 1 is 1.73 bits per heavy atom. The molecule has 0 spiro atoms. The van der Waals surface area contributed by atoms with E-state index in [2.05, 4.69) is 17.3 Å². The molecule has 1 aromatic rings. The highest BCUT2D eigenvalue weighted by atomic mass is 15.3. The normalized spacial score (nSPS) is 23.3. The fourth-order valence-corrected chi connectivity index (χ4v) is 1.58. The molecule has 2 heterocycles. The number of nitrogens with one attached hydrogen (secondary N) is 1. The summed E-state index contributed by atoms with van der Waals surface area (Å²) in [6, 6.07) is 0.603. The van der Waals surface area contributed by atoms with Gasteiger partial charge in [0, 0.05) is 19.6 Å². The van der Waals surface area contributed by atoms with Gasteiger partial charge in [-0.3, -0.25) is 4.68 Å². The lowest BCUT2D eigenvalue weighted by atomic mass is 10.0. The van der Waals surface area contributed by atoms with Crippen molar-refractivity contribution in [3.63, 3.8) is 0 Å². The van der Waals surface area contributed by atoms with Crippen molar-refractivity contribution in [2.75, 3.05) is 0 Å². The van der Waals surface area contributed by atoms with E-state index in [1.54, 1.807) is 0 Å². The van der Waals surface area contributed by atoms with Gasteiger partial charge in [-0.25, -0.2) is 0 Å². The molecule has 3 heteroatoms. The Kier molecular flexibility index (Phi) is 1.46. The minimum Gasteiger partial charge on any atom is -0.308 e. The summed E-state index contributed by atoms with van der Waals surface area (Å²) in [6.45, 7) is 3.17. The molecule has 0 saturated heterocycles. The molecule has 3 nitrogen and oxygen atoms in total. The minimum atomic E-state index is 0.603. The van der Waals surface area contributed by atoms with Crippen LogP contribution in [0.1, 0.15) is 18.2 Å². The average Bonchev–Trinajstić information content (AvgIpc) is 2.32. The molecule has 0 amide bonds. The van der Waals surface area contributed by atoms with Crippen molar-refractivity contribution in [1.29, 1.82) is 0 Å². The van der Waals surface area contributed by atoms with E-state index in [-0.39, 0.29) is 0 Å². The first-order chi connectivity index (χ1) is 5.27. The Hall–Kier alpha value is -0.830. The summed E-state index contributed by atoms with van der Waals surface area (Å²) < 4.78 is 1.95. The summed E-state index contributed by atoms with van der Waals surface area (Å²) in [5.74, 6) is 0. The number of aryl methyl sites for hydroxylation is 1. The molecule has 11 heavy (non-hydrogen) atoms. The molecular formula is C8H13N3. The molecule has 0 aromatic carbocycles. The second kappa shape index (κ2) is 2.34. The van der Waals surface area contributed by atoms with Crippen LogP contribution in [0.3, 0.4) is 0 Å². The molecule has 1 aliphatic rings. The van der Waals surface area contributed by atoms with E-state index in [1.807, 2.05) is 17.9 Å². The highest BCUT2D eigenvalue weighted by Gasteiger charge is 2.16. The summed E-state index contributed by atoms with van der Waals surface area (Å²) in [7, 11) is 2.00. The fraction of sp³-hybridized carbons (Fsp3) is 0.625.